The van der Waals surface area contributed by atoms with Gasteiger partial charge in [0, 0.05) is 0 Å². The van der Waals surface area contributed by atoms with Crippen LogP contribution < -0.4 is 0 Å². The van der Waals surface area contributed by atoms with E-state index in [0.717, 1.165) is 24.7 Å². The lowest BCUT2D eigenvalue weighted by Gasteiger charge is -2.38. The largest absolute Gasteiger partial charge is 0.244 e. The molecule has 0 aromatic carbocycles. The zero-order valence-corrected chi connectivity index (χ0v) is 10.8. The molecule has 3 heteroatoms. The second-order valence-corrected chi connectivity index (χ2v) is 6.72. The van der Waals surface area contributed by atoms with Crippen molar-refractivity contribution in [3.8, 4) is 0 Å². The minimum atomic E-state index is -1.87. The van der Waals surface area contributed by atoms with E-state index in [0.29, 0.717) is 5.92 Å². The molecule has 0 spiro atoms. The molecule has 0 N–H and O–H groups in total. The molecule has 0 heterocycles. The van der Waals surface area contributed by atoms with E-state index in [9.17, 15) is 13.2 Å². The lowest BCUT2D eigenvalue weighted by molar-refractivity contribution is -0.00497. The van der Waals surface area contributed by atoms with Crippen molar-refractivity contribution in [1.29, 1.82) is 0 Å². The van der Waals surface area contributed by atoms with Gasteiger partial charge < -0.3 is 0 Å². The van der Waals surface area contributed by atoms with Gasteiger partial charge in [-0.25, -0.2) is 13.2 Å². The van der Waals surface area contributed by atoms with Crippen molar-refractivity contribution in [2.24, 2.45) is 23.7 Å². The summed E-state index contributed by atoms with van der Waals surface area (Å²) in [6.07, 6.45) is 2.97. The maximum Gasteiger partial charge on any atom is 0.162 e. The third-order valence-electron chi connectivity index (χ3n) is 5.52. The summed E-state index contributed by atoms with van der Waals surface area (Å²) in [7, 11) is 0. The van der Waals surface area contributed by atoms with Crippen LogP contribution in [0, 0.1) is 23.7 Å². The summed E-state index contributed by atoms with van der Waals surface area (Å²) >= 11 is 0. The van der Waals surface area contributed by atoms with Crippen LogP contribution in [0.25, 0.3) is 0 Å². The molecule has 18 heavy (non-hydrogen) atoms. The number of alkyl halides is 3. The molecule has 2 atom stereocenters. The summed E-state index contributed by atoms with van der Waals surface area (Å²) in [6, 6.07) is 0. The quantitative estimate of drug-likeness (QED) is 0.679. The molecular weight excluding hydrogens is 237 g/mol. The van der Waals surface area contributed by atoms with Gasteiger partial charge in [-0.2, -0.15) is 0 Å². The zero-order chi connectivity index (χ0) is 12.7. The molecular formula is C15H23F3. The monoisotopic (exact) mass is 260 g/mol. The second kappa shape index (κ2) is 5.05. The Balaban J connectivity index is 1.52. The first-order chi connectivity index (χ1) is 8.65. The molecule has 0 saturated heterocycles. The van der Waals surface area contributed by atoms with Crippen molar-refractivity contribution in [1.82, 2.24) is 0 Å². The zero-order valence-electron chi connectivity index (χ0n) is 10.8. The number of rotatable bonds is 2. The molecule has 104 valence electrons. The van der Waals surface area contributed by atoms with Crippen LogP contribution in [-0.4, -0.2) is 18.5 Å². The Bertz CT molecular complexity index is 269. The fourth-order valence-electron chi connectivity index (χ4n) is 4.20. The summed E-state index contributed by atoms with van der Waals surface area (Å²) in [5, 5.41) is 0. The van der Waals surface area contributed by atoms with Crippen molar-refractivity contribution in [2.75, 3.05) is 0 Å². The van der Waals surface area contributed by atoms with E-state index in [1.165, 1.54) is 25.7 Å². The van der Waals surface area contributed by atoms with Gasteiger partial charge in [-0.15, -0.1) is 0 Å². The van der Waals surface area contributed by atoms with Crippen molar-refractivity contribution in [2.45, 2.75) is 69.9 Å². The van der Waals surface area contributed by atoms with Crippen LogP contribution in [0.4, 0.5) is 13.2 Å². The fourth-order valence-corrected chi connectivity index (χ4v) is 4.20. The predicted octanol–water partition coefficient (Wildman–Crippen LogP) is 4.63. The number of hydrogen-bond donors (Lipinski definition) is 0. The van der Waals surface area contributed by atoms with Crippen LogP contribution in [-0.2, 0) is 0 Å². The van der Waals surface area contributed by atoms with Gasteiger partial charge >= 0.3 is 0 Å². The topological polar surface area (TPSA) is 0 Å². The first-order valence-electron chi connectivity index (χ1n) is 7.57. The third kappa shape index (κ3) is 2.55. The highest BCUT2D eigenvalue weighted by Crippen LogP contribution is 2.48. The minimum absolute atomic E-state index is 0.0853. The van der Waals surface area contributed by atoms with Crippen LogP contribution in [0.2, 0.25) is 0 Å². The highest BCUT2D eigenvalue weighted by atomic mass is 19.2. The highest BCUT2D eigenvalue weighted by Gasteiger charge is 2.43. The van der Waals surface area contributed by atoms with Gasteiger partial charge in [-0.3, -0.25) is 0 Å². The predicted molar refractivity (Wildman–Crippen MR) is 65.6 cm³/mol. The summed E-state index contributed by atoms with van der Waals surface area (Å²) < 4.78 is 40.0. The summed E-state index contributed by atoms with van der Waals surface area (Å²) in [5.74, 6) is 2.36. The van der Waals surface area contributed by atoms with E-state index in [1.54, 1.807) is 0 Å². The Labute approximate surface area is 107 Å². The van der Waals surface area contributed by atoms with Gasteiger partial charge in [0.05, 0.1) is 0 Å². The summed E-state index contributed by atoms with van der Waals surface area (Å²) in [5.41, 5.74) is 0. The first-order valence-corrected chi connectivity index (χ1v) is 7.57. The molecule has 0 bridgehead atoms. The molecule has 3 aliphatic rings. The Morgan fingerprint density at radius 2 is 0.833 bits per heavy atom. The summed E-state index contributed by atoms with van der Waals surface area (Å²) in [4.78, 5) is 0. The molecule has 3 saturated carbocycles. The van der Waals surface area contributed by atoms with Gasteiger partial charge in [0.1, 0.15) is 12.3 Å². The van der Waals surface area contributed by atoms with E-state index in [-0.39, 0.29) is 18.8 Å². The van der Waals surface area contributed by atoms with Gasteiger partial charge in [-0.1, -0.05) is 0 Å². The maximum absolute atomic E-state index is 13.4. The minimum Gasteiger partial charge on any atom is -0.244 e. The Morgan fingerprint density at radius 1 is 0.500 bits per heavy atom. The first kappa shape index (κ1) is 12.8. The lowest BCUT2D eigenvalue weighted by Crippen LogP contribution is -2.40. The second-order valence-electron chi connectivity index (χ2n) is 6.72. The van der Waals surface area contributed by atoms with E-state index in [1.807, 2.05) is 0 Å². The van der Waals surface area contributed by atoms with E-state index >= 15 is 0 Å². The average molecular weight is 260 g/mol. The molecule has 0 radical (unpaired) electrons. The van der Waals surface area contributed by atoms with Crippen LogP contribution in [0.15, 0.2) is 0 Å². The van der Waals surface area contributed by atoms with Gasteiger partial charge in [0.2, 0.25) is 0 Å². The molecule has 0 nitrogen and oxygen atoms in total. The van der Waals surface area contributed by atoms with Gasteiger partial charge in [0.25, 0.3) is 0 Å². The van der Waals surface area contributed by atoms with Gasteiger partial charge in [-0.05, 0) is 75.0 Å². The standard InChI is InChI=1S/C15H23F3/c16-13-7-12(8-14(17)15(13)18)11-5-3-10(4-6-11)9-1-2-9/h9-15H,1-8H2. The molecule has 0 aliphatic heterocycles. The average Bonchev–Trinajstić information content (AvgIpc) is 3.20. The van der Waals surface area contributed by atoms with Crippen LogP contribution in [0.5, 0.6) is 0 Å². The molecule has 0 aromatic rings. The van der Waals surface area contributed by atoms with E-state index < -0.39 is 18.5 Å². The SMILES string of the molecule is FC1CC(C2CCC(C3CC3)CC2)CC(F)C1F. The molecule has 2 unspecified atom stereocenters. The molecule has 3 fully saturated rings. The van der Waals surface area contributed by atoms with E-state index in [4.69, 9.17) is 0 Å². The lowest BCUT2D eigenvalue weighted by atomic mass is 9.69. The highest BCUT2D eigenvalue weighted by molar-refractivity contribution is 4.92. The number of hydrogen-bond acceptors (Lipinski definition) is 0. The molecule has 0 aromatic heterocycles. The molecule has 3 rings (SSSR count). The Morgan fingerprint density at radius 3 is 1.22 bits per heavy atom. The van der Waals surface area contributed by atoms with Crippen molar-refractivity contribution >= 4 is 0 Å². The van der Waals surface area contributed by atoms with E-state index in [2.05, 4.69) is 0 Å². The molecule has 0 amide bonds. The van der Waals surface area contributed by atoms with Gasteiger partial charge in [0.15, 0.2) is 6.17 Å². The Kier molecular flexibility index (Phi) is 3.59. The Hall–Kier alpha value is -0.210. The fraction of sp³-hybridized carbons (Fsp3) is 1.00. The summed E-state index contributed by atoms with van der Waals surface area (Å²) in [6.45, 7) is 0. The number of halogens is 3. The van der Waals surface area contributed by atoms with Crippen molar-refractivity contribution in [3.05, 3.63) is 0 Å². The van der Waals surface area contributed by atoms with Crippen LogP contribution in [0.3, 0.4) is 0 Å². The normalized spacial score (nSPS) is 50.2. The van der Waals surface area contributed by atoms with Crippen molar-refractivity contribution < 1.29 is 13.2 Å². The van der Waals surface area contributed by atoms with Crippen LogP contribution >= 0.6 is 0 Å². The maximum atomic E-state index is 13.4. The molecule has 3 aliphatic carbocycles. The smallest absolute Gasteiger partial charge is 0.162 e. The van der Waals surface area contributed by atoms with Crippen molar-refractivity contribution in [3.63, 3.8) is 0 Å². The third-order valence-corrected chi connectivity index (χ3v) is 5.52. The van der Waals surface area contributed by atoms with Crippen LogP contribution in [0.1, 0.15) is 51.4 Å².